The van der Waals surface area contributed by atoms with Crippen molar-refractivity contribution in [2.24, 2.45) is 19.2 Å². The Hall–Kier alpha value is -1.19. The van der Waals surface area contributed by atoms with Gasteiger partial charge in [-0.25, -0.2) is 9.13 Å². The summed E-state index contributed by atoms with van der Waals surface area (Å²) in [4.78, 5) is 0. The van der Waals surface area contributed by atoms with Gasteiger partial charge in [-0.2, -0.15) is 0 Å². The van der Waals surface area contributed by atoms with Crippen molar-refractivity contribution >= 4 is 5.95 Å². The highest BCUT2D eigenvalue weighted by Gasteiger charge is 2.07. The van der Waals surface area contributed by atoms with Crippen LogP contribution < -0.4 is 4.57 Å². The Kier molecular flexibility index (Phi) is 1.30. The van der Waals surface area contributed by atoms with E-state index in [1.54, 1.807) is 9.13 Å². The maximum absolute atomic E-state index is 6.73. The molecule has 0 saturated heterocycles. The molecule has 0 spiro atoms. The molecule has 1 N–H and O–H groups in total. The number of hydrogen-bond acceptors (Lipinski definition) is 2. The van der Waals surface area contributed by atoms with Crippen molar-refractivity contribution in [2.45, 2.75) is 0 Å². The minimum atomic E-state index is 0.648. The topological polar surface area (TPSA) is 45.0 Å². The molecule has 48 valence electrons. The van der Waals surface area contributed by atoms with Gasteiger partial charge in [0.05, 0.1) is 26.5 Å². The first kappa shape index (κ1) is 5.94. The molecule has 4 nitrogen and oxygen atoms in total. The van der Waals surface area contributed by atoms with Crippen LogP contribution in [0.25, 0.3) is 0 Å². The lowest BCUT2D eigenvalue weighted by Crippen LogP contribution is -2.25. The maximum Gasteiger partial charge on any atom is 0.420 e. The summed E-state index contributed by atoms with van der Waals surface area (Å²) in [5.74, 6) is 0.648. The zero-order valence-corrected chi connectivity index (χ0v) is 5.50. The third-order valence-corrected chi connectivity index (χ3v) is 1.24. The van der Waals surface area contributed by atoms with Gasteiger partial charge in [0.15, 0.2) is 0 Å². The van der Waals surface area contributed by atoms with Crippen molar-refractivity contribution in [3.63, 3.8) is 0 Å². The largest absolute Gasteiger partial charge is 0.420 e. The summed E-state index contributed by atoms with van der Waals surface area (Å²) in [5.41, 5.74) is 6.73. The summed E-state index contributed by atoms with van der Waals surface area (Å²) < 4.78 is 3.57. The molecule has 0 saturated carbocycles. The van der Waals surface area contributed by atoms with Gasteiger partial charge >= 0.3 is 5.95 Å². The van der Waals surface area contributed by atoms with Crippen LogP contribution in [-0.2, 0) is 14.1 Å². The third kappa shape index (κ3) is 0.826. The van der Waals surface area contributed by atoms with Gasteiger partial charge in [-0.05, 0) is 0 Å². The molecular weight excluding hydrogens is 116 g/mol. The van der Waals surface area contributed by atoms with E-state index in [1.807, 2.05) is 26.5 Å². The molecule has 0 fully saturated rings. The van der Waals surface area contributed by atoms with Gasteiger partial charge in [-0.3, -0.25) is 0 Å². The van der Waals surface area contributed by atoms with Crippen molar-refractivity contribution in [1.29, 1.82) is 5.53 Å². The highest BCUT2D eigenvalue weighted by atomic mass is 15.3. The maximum atomic E-state index is 6.73. The minimum Gasteiger partial charge on any atom is -0.233 e. The van der Waals surface area contributed by atoms with Gasteiger partial charge in [-0.1, -0.05) is 0 Å². The van der Waals surface area contributed by atoms with E-state index in [0.29, 0.717) is 5.95 Å². The molecule has 0 atom stereocenters. The van der Waals surface area contributed by atoms with E-state index in [-0.39, 0.29) is 0 Å². The van der Waals surface area contributed by atoms with Crippen molar-refractivity contribution in [3.05, 3.63) is 12.4 Å². The van der Waals surface area contributed by atoms with Crippen LogP contribution in [-0.4, -0.2) is 4.57 Å². The van der Waals surface area contributed by atoms with Crippen LogP contribution in [0.4, 0.5) is 5.95 Å². The molecule has 1 aromatic rings. The summed E-state index contributed by atoms with van der Waals surface area (Å²) in [7, 11) is 3.71. The predicted octanol–water partition coefficient (Wildman–Crippen LogP) is 0.512. The smallest absolute Gasteiger partial charge is 0.233 e. The standard InChI is InChI=1S/C5H9N4/c1-8-3-4-9(2)5(8)7-6/h3-4,6H,1-2H3/q+1. The van der Waals surface area contributed by atoms with E-state index < -0.39 is 0 Å². The third-order valence-electron chi connectivity index (χ3n) is 1.24. The second-order valence-electron chi connectivity index (χ2n) is 1.93. The normalized spacial score (nSPS) is 9.56. The van der Waals surface area contributed by atoms with Crippen molar-refractivity contribution in [1.82, 2.24) is 4.57 Å². The monoisotopic (exact) mass is 125 g/mol. The van der Waals surface area contributed by atoms with Crippen molar-refractivity contribution in [2.75, 3.05) is 0 Å². The zero-order chi connectivity index (χ0) is 6.85. The molecule has 9 heavy (non-hydrogen) atoms. The molecule has 1 rings (SSSR count). The lowest BCUT2D eigenvalue weighted by atomic mass is 10.9. The molecule has 0 aliphatic heterocycles. The van der Waals surface area contributed by atoms with Crippen LogP contribution in [0.2, 0.25) is 0 Å². The van der Waals surface area contributed by atoms with Gasteiger partial charge in [0.2, 0.25) is 0 Å². The number of rotatable bonds is 1. The molecular formula is C5H9N4+. The van der Waals surface area contributed by atoms with Crippen LogP contribution in [0.5, 0.6) is 0 Å². The number of nitrogens with zero attached hydrogens (tertiary/aromatic N) is 3. The second-order valence-corrected chi connectivity index (χ2v) is 1.93. The average Bonchev–Trinajstić information content (AvgIpc) is 2.12. The summed E-state index contributed by atoms with van der Waals surface area (Å²) >= 11 is 0. The summed E-state index contributed by atoms with van der Waals surface area (Å²) in [6.07, 6.45) is 3.71. The fourth-order valence-electron chi connectivity index (χ4n) is 0.740. The SMILES string of the molecule is Cn1cc[n+](C)c1N=N. The predicted molar refractivity (Wildman–Crippen MR) is 31.4 cm³/mol. The molecule has 0 unspecified atom stereocenters. The van der Waals surface area contributed by atoms with Crippen LogP contribution in [0.15, 0.2) is 17.5 Å². The Morgan fingerprint density at radius 3 is 2.67 bits per heavy atom. The van der Waals surface area contributed by atoms with Gasteiger partial charge in [0.25, 0.3) is 0 Å². The lowest BCUT2D eigenvalue weighted by molar-refractivity contribution is -0.657. The van der Waals surface area contributed by atoms with E-state index in [4.69, 9.17) is 5.53 Å². The van der Waals surface area contributed by atoms with Crippen molar-refractivity contribution in [3.8, 4) is 0 Å². The van der Waals surface area contributed by atoms with Crippen LogP contribution in [0, 0.1) is 5.53 Å². The fraction of sp³-hybridized carbons (Fsp3) is 0.400. The second kappa shape index (κ2) is 1.97. The highest BCUT2D eigenvalue weighted by Crippen LogP contribution is 2.00. The highest BCUT2D eigenvalue weighted by molar-refractivity contribution is 5.03. The Bertz CT molecular complexity index is 205. The Morgan fingerprint density at radius 2 is 2.44 bits per heavy atom. The van der Waals surface area contributed by atoms with E-state index in [0.717, 1.165) is 0 Å². The minimum absolute atomic E-state index is 0.648. The van der Waals surface area contributed by atoms with Gasteiger partial charge < -0.3 is 0 Å². The molecule has 1 aromatic heterocycles. The quantitative estimate of drug-likeness (QED) is 0.420. The first-order valence-electron chi connectivity index (χ1n) is 2.64. The molecule has 0 aliphatic carbocycles. The van der Waals surface area contributed by atoms with Crippen LogP contribution >= 0.6 is 0 Å². The first-order valence-corrected chi connectivity index (χ1v) is 2.64. The Labute approximate surface area is 53.2 Å². The van der Waals surface area contributed by atoms with Crippen LogP contribution in [0.3, 0.4) is 0 Å². The zero-order valence-electron chi connectivity index (χ0n) is 5.50. The first-order chi connectivity index (χ1) is 4.25. The summed E-state index contributed by atoms with van der Waals surface area (Å²) in [6.45, 7) is 0. The van der Waals surface area contributed by atoms with Crippen LogP contribution in [0.1, 0.15) is 0 Å². The number of hydrogen-bond donors (Lipinski definition) is 1. The number of aryl methyl sites for hydroxylation is 2. The molecule has 0 aliphatic rings. The molecule has 0 radical (unpaired) electrons. The van der Waals surface area contributed by atoms with E-state index >= 15 is 0 Å². The number of imidazole rings is 1. The number of aromatic nitrogens is 2. The van der Waals surface area contributed by atoms with Gasteiger partial charge in [0.1, 0.15) is 0 Å². The van der Waals surface area contributed by atoms with Gasteiger partial charge in [0, 0.05) is 5.11 Å². The van der Waals surface area contributed by atoms with Crippen molar-refractivity contribution < 1.29 is 4.57 Å². The number of nitrogens with one attached hydrogen (secondary N) is 1. The molecule has 0 aromatic carbocycles. The fourth-order valence-corrected chi connectivity index (χ4v) is 0.740. The van der Waals surface area contributed by atoms with E-state index in [1.165, 1.54) is 0 Å². The van der Waals surface area contributed by atoms with Gasteiger partial charge in [-0.15, -0.1) is 5.53 Å². The molecule has 0 amide bonds. The lowest BCUT2D eigenvalue weighted by Gasteiger charge is -1.83. The molecule has 4 heteroatoms. The summed E-state index contributed by atoms with van der Waals surface area (Å²) in [6, 6.07) is 0. The molecule has 1 heterocycles. The average molecular weight is 125 g/mol. The summed E-state index contributed by atoms with van der Waals surface area (Å²) in [5, 5.41) is 3.31. The Morgan fingerprint density at radius 1 is 1.78 bits per heavy atom. The van der Waals surface area contributed by atoms with E-state index in [9.17, 15) is 0 Å². The van der Waals surface area contributed by atoms with E-state index in [2.05, 4.69) is 5.11 Å². The Balaban J connectivity index is 3.22. The molecule has 0 bridgehead atoms.